The minimum atomic E-state index is 0.910. The lowest BCUT2D eigenvalue weighted by molar-refractivity contribution is 0.202. The summed E-state index contributed by atoms with van der Waals surface area (Å²) in [5.41, 5.74) is 0. The van der Waals surface area contributed by atoms with Gasteiger partial charge in [-0.15, -0.1) is 0 Å². The van der Waals surface area contributed by atoms with Crippen molar-refractivity contribution >= 4 is 0 Å². The van der Waals surface area contributed by atoms with Crippen LogP contribution in [0.2, 0.25) is 0 Å². The van der Waals surface area contributed by atoms with E-state index < -0.39 is 0 Å². The number of hydrogen-bond donors (Lipinski definition) is 0. The molecule has 132 valence electrons. The lowest BCUT2D eigenvalue weighted by Gasteiger charge is -2.25. The van der Waals surface area contributed by atoms with Gasteiger partial charge in [0.25, 0.3) is 0 Å². The summed E-state index contributed by atoms with van der Waals surface area (Å²) in [5.74, 6) is 2.26. The van der Waals surface area contributed by atoms with Crippen molar-refractivity contribution in [2.45, 2.75) is 13.1 Å². The maximum atomic E-state index is 4.48. The Bertz CT molecular complexity index is 578. The molecule has 0 atom stereocenters. The number of nitrogens with zero attached hydrogens (tertiary/aromatic N) is 7. The standard InChI is InChI=1S/C17H29N7/c1-20-8-10-23(14-16-18-4-6-21(16)2)12-13-24(11-9-20)15-17-19-5-7-22(17)3/h4-7H,8-15H2,1-3H3. The number of aryl methyl sites for hydroxylation is 2. The van der Waals surface area contributed by atoms with Crippen LogP contribution in [0.1, 0.15) is 11.6 Å². The van der Waals surface area contributed by atoms with Crippen LogP contribution in [-0.4, -0.2) is 80.1 Å². The zero-order chi connectivity index (χ0) is 16.9. The Hall–Kier alpha value is -1.70. The van der Waals surface area contributed by atoms with Gasteiger partial charge in [0.1, 0.15) is 11.6 Å². The first-order valence-electron chi connectivity index (χ1n) is 8.67. The SMILES string of the molecule is CN1CCN(Cc2nccn2C)CCN(Cc2nccn2C)CC1. The minimum Gasteiger partial charge on any atom is -0.337 e. The van der Waals surface area contributed by atoms with E-state index in [1.54, 1.807) is 0 Å². The molecule has 3 rings (SSSR count). The average Bonchev–Trinajstić information content (AvgIpc) is 3.16. The average molecular weight is 331 g/mol. The van der Waals surface area contributed by atoms with Gasteiger partial charge in [0.2, 0.25) is 0 Å². The molecule has 0 aromatic carbocycles. The zero-order valence-corrected chi connectivity index (χ0v) is 15.1. The molecule has 0 N–H and O–H groups in total. The van der Waals surface area contributed by atoms with Crippen molar-refractivity contribution in [1.29, 1.82) is 0 Å². The molecule has 0 saturated carbocycles. The van der Waals surface area contributed by atoms with Crippen molar-refractivity contribution in [3.05, 3.63) is 36.4 Å². The summed E-state index contributed by atoms with van der Waals surface area (Å²) in [6.07, 6.45) is 7.80. The van der Waals surface area contributed by atoms with E-state index in [1.165, 1.54) is 0 Å². The van der Waals surface area contributed by atoms with Crippen LogP contribution < -0.4 is 0 Å². The van der Waals surface area contributed by atoms with Gasteiger partial charge in [0, 0.05) is 78.2 Å². The third-order valence-corrected chi connectivity index (χ3v) is 4.90. The van der Waals surface area contributed by atoms with Crippen LogP contribution >= 0.6 is 0 Å². The quantitative estimate of drug-likeness (QED) is 0.812. The van der Waals surface area contributed by atoms with Crippen LogP contribution in [-0.2, 0) is 27.2 Å². The highest BCUT2D eigenvalue weighted by Crippen LogP contribution is 2.07. The fraction of sp³-hybridized carbons (Fsp3) is 0.647. The highest BCUT2D eigenvalue weighted by Gasteiger charge is 2.17. The number of imidazole rings is 2. The number of aromatic nitrogens is 4. The molecule has 0 amide bonds. The third kappa shape index (κ3) is 4.43. The van der Waals surface area contributed by atoms with E-state index >= 15 is 0 Å². The smallest absolute Gasteiger partial charge is 0.122 e. The van der Waals surface area contributed by atoms with E-state index in [0.29, 0.717) is 0 Å². The van der Waals surface area contributed by atoms with Crippen molar-refractivity contribution in [3.63, 3.8) is 0 Å². The Morgan fingerprint density at radius 2 is 1.12 bits per heavy atom. The van der Waals surface area contributed by atoms with Crippen LogP contribution in [0, 0.1) is 0 Å². The van der Waals surface area contributed by atoms with Crippen molar-refractivity contribution in [2.75, 3.05) is 46.3 Å². The lowest BCUT2D eigenvalue weighted by atomic mass is 10.4. The van der Waals surface area contributed by atoms with Gasteiger partial charge in [-0.25, -0.2) is 9.97 Å². The third-order valence-electron chi connectivity index (χ3n) is 4.90. The highest BCUT2D eigenvalue weighted by molar-refractivity contribution is 4.93. The molecule has 0 spiro atoms. The molecule has 0 aliphatic carbocycles. The van der Waals surface area contributed by atoms with E-state index in [9.17, 15) is 0 Å². The second-order valence-electron chi connectivity index (χ2n) is 6.76. The second-order valence-corrected chi connectivity index (χ2v) is 6.76. The summed E-state index contributed by atoms with van der Waals surface area (Å²) in [5, 5.41) is 0. The van der Waals surface area contributed by atoms with Gasteiger partial charge in [-0.3, -0.25) is 9.80 Å². The van der Waals surface area contributed by atoms with Crippen LogP contribution in [0.15, 0.2) is 24.8 Å². The van der Waals surface area contributed by atoms with Gasteiger partial charge in [-0.1, -0.05) is 0 Å². The molecule has 3 heterocycles. The van der Waals surface area contributed by atoms with E-state index in [-0.39, 0.29) is 0 Å². The van der Waals surface area contributed by atoms with Crippen LogP contribution in [0.4, 0.5) is 0 Å². The van der Waals surface area contributed by atoms with E-state index in [0.717, 1.165) is 64.0 Å². The molecule has 24 heavy (non-hydrogen) atoms. The lowest BCUT2D eigenvalue weighted by Crippen LogP contribution is -2.36. The Balaban J connectivity index is 1.64. The summed E-state index contributed by atoms with van der Waals surface area (Å²) < 4.78 is 4.23. The summed E-state index contributed by atoms with van der Waals surface area (Å²) in [4.78, 5) is 16.4. The maximum absolute atomic E-state index is 4.48. The van der Waals surface area contributed by atoms with E-state index in [4.69, 9.17) is 0 Å². The molecular weight excluding hydrogens is 302 g/mol. The summed E-state index contributed by atoms with van der Waals surface area (Å²) in [6.45, 7) is 8.30. The summed E-state index contributed by atoms with van der Waals surface area (Å²) in [7, 11) is 6.35. The predicted octanol–water partition coefficient (Wildman–Crippen LogP) is 0.403. The molecule has 1 aliphatic heterocycles. The first-order valence-corrected chi connectivity index (χ1v) is 8.67. The fourth-order valence-electron chi connectivity index (χ4n) is 3.06. The molecule has 7 heteroatoms. The van der Waals surface area contributed by atoms with Crippen LogP contribution in [0.5, 0.6) is 0 Å². The summed E-state index contributed by atoms with van der Waals surface area (Å²) in [6, 6.07) is 0. The number of rotatable bonds is 4. The van der Waals surface area contributed by atoms with Crippen LogP contribution in [0.3, 0.4) is 0 Å². The number of hydrogen-bond acceptors (Lipinski definition) is 5. The first-order chi connectivity index (χ1) is 11.6. The molecule has 2 aromatic heterocycles. The van der Waals surface area contributed by atoms with E-state index in [1.807, 2.05) is 24.8 Å². The van der Waals surface area contributed by atoms with Crippen LogP contribution in [0.25, 0.3) is 0 Å². The predicted molar refractivity (Wildman–Crippen MR) is 94.5 cm³/mol. The van der Waals surface area contributed by atoms with Crippen molar-refractivity contribution < 1.29 is 0 Å². The summed E-state index contributed by atoms with van der Waals surface area (Å²) >= 11 is 0. The van der Waals surface area contributed by atoms with Gasteiger partial charge in [0.15, 0.2) is 0 Å². The van der Waals surface area contributed by atoms with Crippen molar-refractivity contribution in [3.8, 4) is 0 Å². The zero-order valence-electron chi connectivity index (χ0n) is 15.1. The molecule has 0 bridgehead atoms. The fourth-order valence-corrected chi connectivity index (χ4v) is 3.06. The Labute approximate surface area is 144 Å². The Kier molecular flexibility index (Phi) is 5.65. The first kappa shape index (κ1) is 17.1. The molecule has 0 radical (unpaired) electrons. The molecule has 7 nitrogen and oxygen atoms in total. The van der Waals surface area contributed by atoms with Crippen molar-refractivity contribution in [1.82, 2.24) is 33.8 Å². The number of likely N-dealkylation sites (N-methyl/N-ethyl adjacent to an activating group) is 1. The van der Waals surface area contributed by atoms with Gasteiger partial charge in [-0.05, 0) is 7.05 Å². The normalized spacial score (nSPS) is 19.1. The molecular formula is C17H29N7. The highest BCUT2D eigenvalue weighted by atomic mass is 15.3. The molecule has 1 saturated heterocycles. The molecule has 2 aromatic rings. The minimum absolute atomic E-state index is 0.910. The van der Waals surface area contributed by atoms with E-state index in [2.05, 4.69) is 54.9 Å². The Morgan fingerprint density at radius 3 is 1.50 bits per heavy atom. The monoisotopic (exact) mass is 331 g/mol. The Morgan fingerprint density at radius 1 is 0.708 bits per heavy atom. The molecule has 0 unspecified atom stereocenters. The molecule has 1 fully saturated rings. The second kappa shape index (κ2) is 7.92. The largest absolute Gasteiger partial charge is 0.337 e. The van der Waals surface area contributed by atoms with Gasteiger partial charge < -0.3 is 14.0 Å². The molecule has 1 aliphatic rings. The topological polar surface area (TPSA) is 45.4 Å². The van der Waals surface area contributed by atoms with Crippen molar-refractivity contribution in [2.24, 2.45) is 14.1 Å². The van der Waals surface area contributed by atoms with Gasteiger partial charge >= 0.3 is 0 Å². The van der Waals surface area contributed by atoms with Gasteiger partial charge in [0.05, 0.1) is 13.1 Å². The maximum Gasteiger partial charge on any atom is 0.122 e. The van der Waals surface area contributed by atoms with Gasteiger partial charge in [-0.2, -0.15) is 0 Å².